The van der Waals surface area contributed by atoms with Crippen LogP contribution in [0.15, 0.2) is 52.4 Å². The lowest BCUT2D eigenvalue weighted by Gasteiger charge is -2.25. The van der Waals surface area contributed by atoms with Crippen LogP contribution in [0.25, 0.3) is 0 Å². The van der Waals surface area contributed by atoms with Gasteiger partial charge in [0.05, 0.1) is 12.2 Å². The number of aliphatic imine (C=N–C) groups is 1. The van der Waals surface area contributed by atoms with Gasteiger partial charge in [0, 0.05) is 24.4 Å². The number of benzene rings is 1. The topological polar surface area (TPSA) is 129 Å². The quantitative estimate of drug-likeness (QED) is 0.424. The summed E-state index contributed by atoms with van der Waals surface area (Å²) in [7, 11) is 0. The number of carboxylic acid groups (broad SMARTS) is 1. The lowest BCUT2D eigenvalue weighted by molar-refractivity contribution is -0.129. The zero-order chi connectivity index (χ0) is 22.4. The highest BCUT2D eigenvalue weighted by Crippen LogP contribution is 2.23. The van der Waals surface area contributed by atoms with E-state index in [1.807, 2.05) is 6.07 Å². The van der Waals surface area contributed by atoms with E-state index < -0.39 is 41.8 Å². The maximum absolute atomic E-state index is 12.1. The second-order valence-corrected chi connectivity index (χ2v) is 7.35. The van der Waals surface area contributed by atoms with Crippen molar-refractivity contribution in [2.45, 2.75) is 46.1 Å². The van der Waals surface area contributed by atoms with Crippen LogP contribution in [0.3, 0.4) is 0 Å². The Hall–Kier alpha value is -3.10. The van der Waals surface area contributed by atoms with E-state index in [9.17, 15) is 29.7 Å². The van der Waals surface area contributed by atoms with Crippen LogP contribution in [0, 0.1) is 5.92 Å². The average Bonchev–Trinajstić information content (AvgIpc) is 2.68. The smallest absolute Gasteiger partial charge is 0.352 e. The van der Waals surface area contributed by atoms with Gasteiger partial charge in [0.1, 0.15) is 12.3 Å². The Morgan fingerprint density at radius 2 is 1.80 bits per heavy atom. The van der Waals surface area contributed by atoms with Gasteiger partial charge in [-0.1, -0.05) is 44.2 Å². The van der Waals surface area contributed by atoms with Crippen molar-refractivity contribution in [1.82, 2.24) is 4.57 Å². The predicted octanol–water partition coefficient (Wildman–Crippen LogP) is 1.83. The largest absolute Gasteiger partial charge is 0.477 e. The van der Waals surface area contributed by atoms with E-state index in [-0.39, 0.29) is 23.6 Å². The number of aromatic nitrogens is 1. The Morgan fingerprint density at radius 1 is 1.17 bits per heavy atom. The SMILES string of the molecule is CC(=O)c1cn([C@H](/N=C(\C(=O)O)[C@@H](O)Cc2ccccc2)C(C)C)c(CO)cc1=O. The van der Waals surface area contributed by atoms with Crippen molar-refractivity contribution in [2.75, 3.05) is 0 Å². The van der Waals surface area contributed by atoms with E-state index in [2.05, 4.69) is 4.99 Å². The van der Waals surface area contributed by atoms with E-state index in [1.165, 1.54) is 17.7 Å². The van der Waals surface area contributed by atoms with Crippen molar-refractivity contribution < 1.29 is 24.9 Å². The maximum Gasteiger partial charge on any atom is 0.352 e. The van der Waals surface area contributed by atoms with Crippen molar-refractivity contribution in [3.8, 4) is 0 Å². The minimum atomic E-state index is -1.37. The third-order valence-electron chi connectivity index (χ3n) is 4.66. The molecule has 1 heterocycles. The summed E-state index contributed by atoms with van der Waals surface area (Å²) in [4.78, 5) is 40.1. The molecule has 0 aliphatic carbocycles. The molecule has 0 unspecified atom stereocenters. The molecular weight excluding hydrogens is 388 g/mol. The molecule has 0 aliphatic heterocycles. The summed E-state index contributed by atoms with van der Waals surface area (Å²) >= 11 is 0. The highest BCUT2D eigenvalue weighted by molar-refractivity contribution is 6.37. The fraction of sp³-hybridized carbons (Fsp3) is 0.364. The number of carboxylic acids is 1. The van der Waals surface area contributed by atoms with Gasteiger partial charge in [0.15, 0.2) is 16.9 Å². The number of Topliss-reactive ketones (excluding diaryl/α,β-unsaturated/α-hetero) is 1. The van der Waals surface area contributed by atoms with Gasteiger partial charge in [-0.05, 0) is 18.4 Å². The highest BCUT2D eigenvalue weighted by Gasteiger charge is 2.26. The highest BCUT2D eigenvalue weighted by atomic mass is 16.4. The number of hydrogen-bond donors (Lipinski definition) is 3. The van der Waals surface area contributed by atoms with Gasteiger partial charge in [-0.3, -0.25) is 14.6 Å². The number of hydrogen-bond acceptors (Lipinski definition) is 6. The maximum atomic E-state index is 12.1. The van der Waals surface area contributed by atoms with Crippen molar-refractivity contribution in [3.63, 3.8) is 0 Å². The third-order valence-corrected chi connectivity index (χ3v) is 4.66. The number of rotatable bonds is 9. The molecule has 0 radical (unpaired) electrons. The zero-order valence-electron chi connectivity index (χ0n) is 17.1. The number of aliphatic hydroxyl groups excluding tert-OH is 2. The molecule has 8 nitrogen and oxygen atoms in total. The monoisotopic (exact) mass is 414 g/mol. The molecule has 160 valence electrons. The summed E-state index contributed by atoms with van der Waals surface area (Å²) in [5.74, 6) is -2.09. The van der Waals surface area contributed by atoms with Crippen molar-refractivity contribution >= 4 is 17.5 Å². The first-order valence-electron chi connectivity index (χ1n) is 9.55. The van der Waals surface area contributed by atoms with Crippen LogP contribution in [0.5, 0.6) is 0 Å². The summed E-state index contributed by atoms with van der Waals surface area (Å²) in [5, 5.41) is 29.9. The summed E-state index contributed by atoms with van der Waals surface area (Å²) in [6.07, 6.45) is -0.877. The van der Waals surface area contributed by atoms with E-state index in [1.54, 1.807) is 38.1 Å². The van der Waals surface area contributed by atoms with Gasteiger partial charge >= 0.3 is 5.97 Å². The molecule has 2 aromatic rings. The Bertz CT molecular complexity index is 994. The van der Waals surface area contributed by atoms with E-state index in [4.69, 9.17) is 0 Å². The fourth-order valence-corrected chi connectivity index (χ4v) is 3.12. The molecule has 0 saturated carbocycles. The van der Waals surface area contributed by atoms with Crippen LogP contribution in [0.2, 0.25) is 0 Å². The van der Waals surface area contributed by atoms with Crippen LogP contribution in [0.4, 0.5) is 0 Å². The van der Waals surface area contributed by atoms with Crippen molar-refractivity contribution in [3.05, 3.63) is 69.6 Å². The first kappa shape index (κ1) is 23.2. The summed E-state index contributed by atoms with van der Waals surface area (Å²) < 4.78 is 1.42. The number of carbonyl (C=O) groups is 2. The summed E-state index contributed by atoms with van der Waals surface area (Å²) in [6.45, 7) is 4.31. The van der Waals surface area contributed by atoms with Crippen molar-refractivity contribution in [2.24, 2.45) is 10.9 Å². The molecule has 0 spiro atoms. The van der Waals surface area contributed by atoms with E-state index in [0.29, 0.717) is 0 Å². The second-order valence-electron chi connectivity index (χ2n) is 7.35. The minimum Gasteiger partial charge on any atom is -0.477 e. The number of ketones is 1. The molecule has 8 heteroatoms. The van der Waals surface area contributed by atoms with E-state index >= 15 is 0 Å². The predicted molar refractivity (Wildman–Crippen MR) is 112 cm³/mol. The molecule has 0 aliphatic rings. The molecule has 0 fully saturated rings. The minimum absolute atomic E-state index is 0.0620. The van der Waals surface area contributed by atoms with Crippen LogP contribution >= 0.6 is 0 Å². The molecule has 2 rings (SSSR count). The van der Waals surface area contributed by atoms with Crippen LogP contribution < -0.4 is 5.43 Å². The summed E-state index contributed by atoms with van der Waals surface area (Å²) in [5.41, 5.74) is -0.121. The van der Waals surface area contributed by atoms with Crippen LogP contribution in [-0.2, 0) is 17.8 Å². The second kappa shape index (κ2) is 10.1. The Labute approximate surface area is 174 Å². The van der Waals surface area contributed by atoms with Gasteiger partial charge < -0.3 is 19.9 Å². The number of nitrogens with zero attached hydrogens (tertiary/aromatic N) is 2. The van der Waals surface area contributed by atoms with E-state index in [0.717, 1.165) is 11.6 Å². The standard InChI is InChI=1S/C22H26N2O6/c1-13(2)21(24-11-17(14(3)26)18(27)10-16(24)12-25)23-20(22(29)30)19(28)9-15-7-5-4-6-8-15/h4-8,10-11,13,19,21,25,28H,9,12H2,1-3H3,(H,29,30)/b23-20-/t19-,21-/m0/s1. The molecule has 3 N–H and O–H groups in total. The third kappa shape index (κ3) is 5.49. The number of aliphatic hydroxyl groups is 2. The van der Waals surface area contributed by atoms with Gasteiger partial charge in [0.2, 0.25) is 0 Å². The summed E-state index contributed by atoms with van der Waals surface area (Å²) in [6, 6.07) is 10.1. The van der Waals surface area contributed by atoms with Gasteiger partial charge in [0.25, 0.3) is 0 Å². The first-order valence-corrected chi connectivity index (χ1v) is 9.55. The van der Waals surface area contributed by atoms with Gasteiger partial charge in [-0.25, -0.2) is 4.79 Å². The number of aliphatic carboxylic acids is 1. The molecule has 0 bridgehead atoms. The van der Waals surface area contributed by atoms with Gasteiger partial charge in [-0.15, -0.1) is 0 Å². The average molecular weight is 414 g/mol. The van der Waals surface area contributed by atoms with Crippen LogP contribution in [0.1, 0.15) is 48.6 Å². The Morgan fingerprint density at radius 3 is 2.30 bits per heavy atom. The number of carbonyl (C=O) groups excluding carboxylic acids is 1. The zero-order valence-corrected chi connectivity index (χ0v) is 17.1. The lowest BCUT2D eigenvalue weighted by atomic mass is 10.0. The fourth-order valence-electron chi connectivity index (χ4n) is 3.12. The molecule has 0 amide bonds. The Balaban J connectivity index is 2.55. The molecule has 1 aromatic heterocycles. The molecule has 2 atom stereocenters. The number of pyridine rings is 1. The van der Waals surface area contributed by atoms with Crippen LogP contribution in [-0.4, -0.2) is 43.5 Å². The molecular formula is C22H26N2O6. The first-order chi connectivity index (χ1) is 14.1. The molecule has 30 heavy (non-hydrogen) atoms. The van der Waals surface area contributed by atoms with Crippen molar-refractivity contribution in [1.29, 1.82) is 0 Å². The normalized spacial score (nSPS) is 13.9. The van der Waals surface area contributed by atoms with Gasteiger partial charge in [-0.2, -0.15) is 0 Å². The molecule has 1 aromatic carbocycles. The molecule has 0 saturated heterocycles. The Kier molecular flexibility index (Phi) is 7.79. The lowest BCUT2D eigenvalue weighted by Crippen LogP contribution is -2.33.